The van der Waals surface area contributed by atoms with Gasteiger partial charge in [-0.25, -0.2) is 10.2 Å². The molecule has 4 rings (SSSR count). The van der Waals surface area contributed by atoms with E-state index in [-0.39, 0.29) is 16.3 Å². The second-order valence-electron chi connectivity index (χ2n) is 7.92. The molecule has 7 nitrogen and oxygen atoms in total. The molecule has 0 radical (unpaired) electrons. The Balaban J connectivity index is 1.53. The Bertz CT molecular complexity index is 1520. The van der Waals surface area contributed by atoms with Crippen molar-refractivity contribution in [2.24, 2.45) is 5.10 Å². The highest BCUT2D eigenvalue weighted by Crippen LogP contribution is 2.29. The van der Waals surface area contributed by atoms with Crippen LogP contribution >= 0.6 is 23.2 Å². The second kappa shape index (κ2) is 11.7. The van der Waals surface area contributed by atoms with E-state index in [4.69, 9.17) is 27.9 Å². The Kier molecular flexibility index (Phi) is 8.18. The minimum absolute atomic E-state index is 0.138. The predicted octanol–water partition coefficient (Wildman–Crippen LogP) is 6.02. The summed E-state index contributed by atoms with van der Waals surface area (Å²) in [6, 6.07) is 22.4. The number of carbonyl (C=O) groups excluding carboxylic acids is 3. The highest BCUT2D eigenvalue weighted by molar-refractivity contribution is 6.39. The van der Waals surface area contributed by atoms with Gasteiger partial charge in [-0.2, -0.15) is 5.10 Å². The van der Waals surface area contributed by atoms with Crippen molar-refractivity contribution in [1.29, 1.82) is 0 Å². The van der Waals surface area contributed by atoms with Crippen LogP contribution in [0.25, 0.3) is 10.8 Å². The molecule has 0 aliphatic rings. The Morgan fingerprint density at radius 1 is 0.919 bits per heavy atom. The van der Waals surface area contributed by atoms with Crippen molar-refractivity contribution in [3.63, 3.8) is 0 Å². The van der Waals surface area contributed by atoms with Crippen molar-refractivity contribution in [2.45, 2.75) is 13.3 Å². The molecule has 0 aliphatic carbocycles. The van der Waals surface area contributed by atoms with Gasteiger partial charge in [0.25, 0.3) is 0 Å². The van der Waals surface area contributed by atoms with E-state index in [1.54, 1.807) is 24.3 Å². The quantitative estimate of drug-likeness (QED) is 0.104. The molecule has 37 heavy (non-hydrogen) atoms. The van der Waals surface area contributed by atoms with Crippen LogP contribution in [0.4, 0.5) is 5.69 Å². The van der Waals surface area contributed by atoms with E-state index in [1.165, 1.54) is 24.4 Å². The van der Waals surface area contributed by atoms with Crippen LogP contribution in [0.2, 0.25) is 10.0 Å². The molecular weight excluding hydrogens is 513 g/mol. The maximum absolute atomic E-state index is 12.8. The maximum atomic E-state index is 12.8. The number of benzene rings is 4. The fourth-order valence-corrected chi connectivity index (χ4v) is 4.01. The van der Waals surface area contributed by atoms with E-state index in [0.29, 0.717) is 21.7 Å². The summed E-state index contributed by atoms with van der Waals surface area (Å²) < 4.78 is 5.61. The zero-order chi connectivity index (χ0) is 26.4. The summed E-state index contributed by atoms with van der Waals surface area (Å²) in [6.45, 7) is 2.02. The number of hydrogen-bond acceptors (Lipinski definition) is 5. The van der Waals surface area contributed by atoms with Gasteiger partial charge < -0.3 is 10.1 Å². The van der Waals surface area contributed by atoms with Crippen LogP contribution in [0.5, 0.6) is 5.75 Å². The van der Waals surface area contributed by atoms with Crippen molar-refractivity contribution < 1.29 is 19.1 Å². The monoisotopic (exact) mass is 533 g/mol. The molecule has 186 valence electrons. The third kappa shape index (κ3) is 6.33. The average Bonchev–Trinajstić information content (AvgIpc) is 2.89. The number of anilines is 1. The average molecular weight is 534 g/mol. The number of aryl methyl sites for hydroxylation is 1. The van der Waals surface area contributed by atoms with Crippen molar-refractivity contribution in [3.8, 4) is 5.75 Å². The summed E-state index contributed by atoms with van der Waals surface area (Å²) in [6.07, 6.45) is 2.18. The summed E-state index contributed by atoms with van der Waals surface area (Å²) in [5.74, 6) is -2.33. The highest BCUT2D eigenvalue weighted by atomic mass is 35.5. The van der Waals surface area contributed by atoms with Crippen LogP contribution in [-0.2, 0) is 16.0 Å². The molecule has 4 aromatic carbocycles. The standard InChI is InChI=1S/C28H21Cl2N3O4/c1-2-17-7-11-20(12-8-17)32-26(34)27(35)33-31-16-23-21-6-4-3-5-18(21)9-14-25(23)37-28(36)22-13-10-19(29)15-24(22)30/h3-16H,2H2,1H3,(H,32,34)(H,33,35)/b31-16+. The smallest absolute Gasteiger partial charge is 0.345 e. The minimum Gasteiger partial charge on any atom is -0.422 e. The Morgan fingerprint density at radius 3 is 2.41 bits per heavy atom. The first-order valence-corrected chi connectivity index (χ1v) is 12.0. The van der Waals surface area contributed by atoms with Gasteiger partial charge in [-0.3, -0.25) is 9.59 Å². The van der Waals surface area contributed by atoms with Gasteiger partial charge >= 0.3 is 17.8 Å². The molecule has 0 aromatic heterocycles. The number of nitrogens with zero attached hydrogens (tertiary/aromatic N) is 1. The Morgan fingerprint density at radius 2 is 1.68 bits per heavy atom. The lowest BCUT2D eigenvalue weighted by atomic mass is 10.0. The van der Waals surface area contributed by atoms with Gasteiger partial charge in [0, 0.05) is 16.3 Å². The SMILES string of the molecule is CCc1ccc(NC(=O)C(=O)N/N=C/c2c(OC(=O)c3ccc(Cl)cc3Cl)ccc3ccccc23)cc1. The van der Waals surface area contributed by atoms with E-state index in [0.717, 1.165) is 17.4 Å². The van der Waals surface area contributed by atoms with E-state index < -0.39 is 17.8 Å². The van der Waals surface area contributed by atoms with Crippen LogP contribution < -0.4 is 15.5 Å². The fraction of sp³-hybridized carbons (Fsp3) is 0.0714. The normalized spacial score (nSPS) is 10.9. The van der Waals surface area contributed by atoms with Crippen LogP contribution in [0.3, 0.4) is 0 Å². The lowest BCUT2D eigenvalue weighted by Gasteiger charge is -2.11. The molecular formula is C28H21Cl2N3O4. The number of hydrazone groups is 1. The Labute approximate surface area is 223 Å². The number of halogens is 2. The number of esters is 1. The van der Waals surface area contributed by atoms with Crippen molar-refractivity contribution in [2.75, 3.05) is 5.32 Å². The van der Waals surface area contributed by atoms with Gasteiger partial charge in [0.1, 0.15) is 5.75 Å². The lowest BCUT2D eigenvalue weighted by molar-refractivity contribution is -0.136. The van der Waals surface area contributed by atoms with Gasteiger partial charge in [0.15, 0.2) is 0 Å². The molecule has 0 saturated heterocycles. The summed E-state index contributed by atoms with van der Waals surface area (Å²) in [4.78, 5) is 37.4. The van der Waals surface area contributed by atoms with Crippen LogP contribution in [0.15, 0.2) is 84.0 Å². The van der Waals surface area contributed by atoms with Gasteiger partial charge in [-0.15, -0.1) is 0 Å². The number of fused-ring (bicyclic) bond motifs is 1. The van der Waals surface area contributed by atoms with Gasteiger partial charge in [-0.1, -0.05) is 72.6 Å². The molecule has 9 heteroatoms. The molecule has 0 aliphatic heterocycles. The van der Waals surface area contributed by atoms with Crippen molar-refractivity contribution >= 4 is 63.7 Å². The molecule has 0 unspecified atom stereocenters. The van der Waals surface area contributed by atoms with Crippen molar-refractivity contribution in [3.05, 3.63) is 106 Å². The molecule has 2 amide bonds. The molecule has 4 aromatic rings. The van der Waals surface area contributed by atoms with Crippen LogP contribution in [0.1, 0.15) is 28.4 Å². The molecule has 0 heterocycles. The van der Waals surface area contributed by atoms with E-state index in [2.05, 4.69) is 15.8 Å². The third-order valence-corrected chi connectivity index (χ3v) is 6.02. The third-order valence-electron chi connectivity index (χ3n) is 5.47. The minimum atomic E-state index is -0.956. The van der Waals surface area contributed by atoms with Crippen LogP contribution in [0, 0.1) is 0 Å². The summed E-state index contributed by atoms with van der Waals surface area (Å²) >= 11 is 12.1. The predicted molar refractivity (Wildman–Crippen MR) is 146 cm³/mol. The topological polar surface area (TPSA) is 96.9 Å². The summed E-state index contributed by atoms with van der Waals surface area (Å²) in [5, 5.41) is 8.56. The zero-order valence-electron chi connectivity index (χ0n) is 19.6. The molecule has 2 N–H and O–H groups in total. The fourth-order valence-electron chi connectivity index (χ4n) is 3.53. The van der Waals surface area contributed by atoms with Gasteiger partial charge in [0.05, 0.1) is 16.8 Å². The second-order valence-corrected chi connectivity index (χ2v) is 8.76. The molecule has 0 spiro atoms. The molecule has 0 saturated carbocycles. The number of nitrogens with one attached hydrogen (secondary N) is 2. The van der Waals surface area contributed by atoms with E-state index in [9.17, 15) is 14.4 Å². The van der Waals surface area contributed by atoms with Crippen LogP contribution in [-0.4, -0.2) is 24.0 Å². The number of rotatable bonds is 6. The molecule has 0 atom stereocenters. The first-order chi connectivity index (χ1) is 17.9. The Hall–Kier alpha value is -4.20. The number of carbonyl (C=O) groups is 3. The highest BCUT2D eigenvalue weighted by Gasteiger charge is 2.17. The molecule has 0 bridgehead atoms. The summed E-state index contributed by atoms with van der Waals surface area (Å²) in [5.41, 5.74) is 4.37. The zero-order valence-corrected chi connectivity index (χ0v) is 21.1. The van der Waals surface area contributed by atoms with E-state index >= 15 is 0 Å². The first kappa shape index (κ1) is 25.9. The van der Waals surface area contributed by atoms with Gasteiger partial charge in [-0.05, 0) is 59.2 Å². The van der Waals surface area contributed by atoms with Gasteiger partial charge in [0.2, 0.25) is 0 Å². The summed E-state index contributed by atoms with van der Waals surface area (Å²) in [7, 11) is 0. The molecule has 0 fully saturated rings. The maximum Gasteiger partial charge on any atom is 0.345 e. The van der Waals surface area contributed by atoms with Crippen molar-refractivity contribution in [1.82, 2.24) is 5.43 Å². The largest absolute Gasteiger partial charge is 0.422 e. The number of hydrogen-bond donors (Lipinski definition) is 2. The van der Waals surface area contributed by atoms with E-state index in [1.807, 2.05) is 43.3 Å². The number of amides is 2. The number of ether oxygens (including phenoxy) is 1. The lowest BCUT2D eigenvalue weighted by Crippen LogP contribution is -2.32. The first-order valence-electron chi connectivity index (χ1n) is 11.3.